The van der Waals surface area contributed by atoms with Gasteiger partial charge in [0.05, 0.1) is 4.90 Å². The fourth-order valence-corrected chi connectivity index (χ4v) is 5.35. The first kappa shape index (κ1) is 24.7. The quantitative estimate of drug-likeness (QED) is 0.550. The number of hydrogen-bond acceptors (Lipinski definition) is 4. The fourth-order valence-electron chi connectivity index (χ4n) is 4.34. The van der Waals surface area contributed by atoms with E-state index in [9.17, 15) is 18.0 Å². The zero-order valence-corrected chi connectivity index (χ0v) is 21.1. The number of benzene rings is 3. The van der Waals surface area contributed by atoms with E-state index >= 15 is 0 Å². The number of nitrogens with zero attached hydrogens (tertiary/aromatic N) is 1. The van der Waals surface area contributed by atoms with Gasteiger partial charge in [0.25, 0.3) is 11.8 Å². The highest BCUT2D eigenvalue weighted by Gasteiger charge is 2.22. The Morgan fingerprint density at radius 2 is 1.51 bits per heavy atom. The van der Waals surface area contributed by atoms with Crippen LogP contribution in [0.25, 0.3) is 11.1 Å². The van der Waals surface area contributed by atoms with Crippen molar-refractivity contribution in [1.82, 2.24) is 10.2 Å². The smallest absolute Gasteiger partial charge is 0.253 e. The van der Waals surface area contributed by atoms with Crippen LogP contribution in [0.15, 0.2) is 65.6 Å². The van der Waals surface area contributed by atoms with Crippen LogP contribution in [0.4, 0.5) is 0 Å². The topological polar surface area (TPSA) is 83.5 Å². The second-order valence-corrected chi connectivity index (χ2v) is 11.2. The molecule has 1 saturated heterocycles. The van der Waals surface area contributed by atoms with Crippen LogP contribution in [0.3, 0.4) is 0 Å². The van der Waals surface area contributed by atoms with Crippen molar-refractivity contribution < 1.29 is 18.0 Å². The molecule has 0 unspecified atom stereocenters. The lowest BCUT2D eigenvalue weighted by Gasteiger charge is -2.17. The first-order chi connectivity index (χ1) is 16.6. The van der Waals surface area contributed by atoms with Crippen molar-refractivity contribution in [3.8, 4) is 11.1 Å². The van der Waals surface area contributed by atoms with Crippen LogP contribution < -0.4 is 5.32 Å². The predicted molar refractivity (Wildman–Crippen MR) is 137 cm³/mol. The molecule has 2 amide bonds. The van der Waals surface area contributed by atoms with Crippen molar-refractivity contribution in [3.63, 3.8) is 0 Å². The van der Waals surface area contributed by atoms with Crippen LogP contribution >= 0.6 is 0 Å². The Morgan fingerprint density at radius 1 is 0.857 bits per heavy atom. The van der Waals surface area contributed by atoms with Gasteiger partial charge in [0.15, 0.2) is 9.84 Å². The Morgan fingerprint density at radius 3 is 2.17 bits per heavy atom. The number of amides is 2. The molecule has 4 rings (SSSR count). The Labute approximate surface area is 206 Å². The molecule has 35 heavy (non-hydrogen) atoms. The molecular weight excluding hydrogens is 460 g/mol. The van der Waals surface area contributed by atoms with E-state index in [1.165, 1.54) is 6.26 Å². The van der Waals surface area contributed by atoms with Gasteiger partial charge in [-0.25, -0.2) is 8.42 Å². The highest BCUT2D eigenvalue weighted by molar-refractivity contribution is 7.90. The van der Waals surface area contributed by atoms with Crippen molar-refractivity contribution in [2.45, 2.75) is 38.1 Å². The van der Waals surface area contributed by atoms with E-state index in [-0.39, 0.29) is 23.3 Å². The number of sulfone groups is 1. The lowest BCUT2D eigenvalue weighted by molar-refractivity contribution is 0.0793. The number of nitrogens with one attached hydrogen (secondary N) is 1. The molecule has 1 N–H and O–H groups in total. The van der Waals surface area contributed by atoms with E-state index in [0.29, 0.717) is 22.3 Å². The fraction of sp³-hybridized carbons (Fsp3) is 0.286. The maximum atomic E-state index is 13.1. The molecule has 182 valence electrons. The third kappa shape index (κ3) is 5.80. The number of aryl methyl sites for hydroxylation is 2. The molecule has 6 nitrogen and oxygen atoms in total. The number of hydrogen-bond donors (Lipinski definition) is 1. The summed E-state index contributed by atoms with van der Waals surface area (Å²) >= 11 is 0. The average Bonchev–Trinajstić information content (AvgIpc) is 3.37. The SMILES string of the molecule is Cc1ccc(-c2cc(C(=O)NCc3ccc(C)c(S(C)(=O)=O)c3)cc(C(=O)N3CCCC3)c2)cc1. The zero-order valence-electron chi connectivity index (χ0n) is 20.3. The molecule has 0 aliphatic carbocycles. The summed E-state index contributed by atoms with van der Waals surface area (Å²) < 4.78 is 24.1. The summed E-state index contributed by atoms with van der Waals surface area (Å²) in [7, 11) is -3.36. The zero-order chi connectivity index (χ0) is 25.2. The minimum absolute atomic E-state index is 0.0677. The summed E-state index contributed by atoms with van der Waals surface area (Å²) in [5.74, 6) is -0.391. The lowest BCUT2D eigenvalue weighted by Crippen LogP contribution is -2.28. The minimum Gasteiger partial charge on any atom is -0.348 e. The molecule has 1 aliphatic heterocycles. The largest absolute Gasteiger partial charge is 0.348 e. The molecule has 0 radical (unpaired) electrons. The Hall–Kier alpha value is -3.45. The van der Waals surface area contributed by atoms with Gasteiger partial charge in [0.1, 0.15) is 0 Å². The molecule has 0 aromatic heterocycles. The van der Waals surface area contributed by atoms with Crippen LogP contribution in [-0.2, 0) is 16.4 Å². The van der Waals surface area contributed by atoms with Crippen LogP contribution in [0.5, 0.6) is 0 Å². The van der Waals surface area contributed by atoms with Gasteiger partial charge in [-0.15, -0.1) is 0 Å². The first-order valence-corrected chi connectivity index (χ1v) is 13.6. The van der Waals surface area contributed by atoms with E-state index in [2.05, 4.69) is 5.32 Å². The first-order valence-electron chi connectivity index (χ1n) is 11.7. The number of likely N-dealkylation sites (tertiary alicyclic amines) is 1. The summed E-state index contributed by atoms with van der Waals surface area (Å²) in [6, 6.07) is 18.4. The number of rotatable bonds is 6. The van der Waals surface area contributed by atoms with Crippen molar-refractivity contribution in [1.29, 1.82) is 0 Å². The Bertz CT molecular complexity index is 1370. The maximum Gasteiger partial charge on any atom is 0.253 e. The van der Waals surface area contributed by atoms with Crippen molar-refractivity contribution in [2.24, 2.45) is 0 Å². The minimum atomic E-state index is -3.36. The third-order valence-electron chi connectivity index (χ3n) is 6.33. The molecule has 1 fully saturated rings. The Kier molecular flexibility index (Phi) is 7.08. The maximum absolute atomic E-state index is 13.1. The lowest BCUT2D eigenvalue weighted by atomic mass is 9.98. The summed E-state index contributed by atoms with van der Waals surface area (Å²) in [6.45, 7) is 5.38. The summed E-state index contributed by atoms with van der Waals surface area (Å²) in [5.41, 5.74) is 5.09. The van der Waals surface area contributed by atoms with Crippen LogP contribution in [0.1, 0.15) is 50.2 Å². The molecular formula is C28H30N2O4S. The van der Waals surface area contributed by atoms with Gasteiger partial charge in [-0.05, 0) is 73.2 Å². The van der Waals surface area contributed by atoms with Crippen LogP contribution in [0.2, 0.25) is 0 Å². The molecule has 1 heterocycles. The molecule has 1 aliphatic rings. The molecule has 7 heteroatoms. The van der Waals surface area contributed by atoms with Gasteiger partial charge < -0.3 is 10.2 Å². The van der Waals surface area contributed by atoms with Gasteiger partial charge in [-0.2, -0.15) is 0 Å². The standard InChI is InChI=1S/C28H30N2O4S/c1-19-6-10-22(11-7-19)23-15-24(17-25(16-23)28(32)30-12-4-5-13-30)27(31)29-18-21-9-8-20(2)26(14-21)35(3,33)34/h6-11,14-17H,4-5,12-13,18H2,1-3H3,(H,29,31). The van der Waals surface area contributed by atoms with Crippen molar-refractivity contribution >= 4 is 21.7 Å². The molecule has 0 saturated carbocycles. The monoisotopic (exact) mass is 490 g/mol. The van der Waals surface area contributed by atoms with Gasteiger partial charge in [0.2, 0.25) is 0 Å². The predicted octanol–water partition coefficient (Wildman–Crippen LogP) is 4.54. The van der Waals surface area contributed by atoms with Crippen molar-refractivity contribution in [2.75, 3.05) is 19.3 Å². The van der Waals surface area contributed by atoms with E-state index in [1.807, 2.05) is 42.2 Å². The van der Waals surface area contributed by atoms with Gasteiger partial charge in [-0.3, -0.25) is 9.59 Å². The van der Waals surface area contributed by atoms with Crippen LogP contribution in [-0.4, -0.2) is 44.5 Å². The van der Waals surface area contributed by atoms with E-state index in [1.54, 1.807) is 37.3 Å². The molecule has 0 atom stereocenters. The highest BCUT2D eigenvalue weighted by Crippen LogP contribution is 2.25. The molecule has 3 aromatic rings. The van der Waals surface area contributed by atoms with E-state index in [0.717, 1.165) is 42.6 Å². The summed E-state index contributed by atoms with van der Waals surface area (Å²) in [5, 5.41) is 2.88. The van der Waals surface area contributed by atoms with E-state index < -0.39 is 9.84 Å². The summed E-state index contributed by atoms with van der Waals surface area (Å²) in [6.07, 6.45) is 3.15. The second-order valence-electron chi connectivity index (χ2n) is 9.22. The third-order valence-corrected chi connectivity index (χ3v) is 7.56. The number of carbonyl (C=O) groups is 2. The Balaban J connectivity index is 1.63. The highest BCUT2D eigenvalue weighted by atomic mass is 32.2. The molecule has 0 bridgehead atoms. The second kappa shape index (κ2) is 10.0. The van der Waals surface area contributed by atoms with Crippen LogP contribution in [0, 0.1) is 13.8 Å². The normalized spacial score (nSPS) is 13.6. The average molecular weight is 491 g/mol. The van der Waals surface area contributed by atoms with E-state index in [4.69, 9.17) is 0 Å². The number of carbonyl (C=O) groups excluding carboxylic acids is 2. The van der Waals surface area contributed by atoms with Crippen molar-refractivity contribution in [3.05, 3.63) is 88.5 Å². The molecule has 3 aromatic carbocycles. The van der Waals surface area contributed by atoms with Gasteiger partial charge >= 0.3 is 0 Å². The molecule has 0 spiro atoms. The van der Waals surface area contributed by atoms with Gasteiger partial charge in [0, 0.05) is 37.0 Å². The van der Waals surface area contributed by atoms with Gasteiger partial charge in [-0.1, -0.05) is 42.0 Å². The summed E-state index contributed by atoms with van der Waals surface area (Å²) in [4.78, 5) is 28.4.